The third-order valence-corrected chi connectivity index (χ3v) is 1.87. The Morgan fingerprint density at radius 2 is 2.17 bits per heavy atom. The topological polar surface area (TPSA) is 43.1 Å². The van der Waals surface area contributed by atoms with Gasteiger partial charge in [-0.25, -0.2) is 0 Å². The molecule has 0 heterocycles. The van der Waals surface area contributed by atoms with Gasteiger partial charge < -0.3 is 0 Å². The van der Waals surface area contributed by atoms with Crippen LogP contribution in [0.25, 0.3) is 0 Å². The van der Waals surface area contributed by atoms with Gasteiger partial charge in [0.1, 0.15) is 0 Å². The van der Waals surface area contributed by atoms with Crippen LogP contribution in [0.5, 0.6) is 0 Å². The van der Waals surface area contributed by atoms with E-state index >= 15 is 0 Å². The van der Waals surface area contributed by atoms with Crippen LogP contribution in [0.1, 0.15) is 11.1 Å². The van der Waals surface area contributed by atoms with E-state index in [-0.39, 0.29) is 11.5 Å². The van der Waals surface area contributed by atoms with E-state index in [1.165, 1.54) is 0 Å². The number of benzene rings is 1. The molecule has 1 aromatic carbocycles. The van der Waals surface area contributed by atoms with Gasteiger partial charge in [0, 0.05) is 15.0 Å². The molecular formula is C8H8BrNO2. The minimum Gasteiger partial charge on any atom is -0.264 e. The van der Waals surface area contributed by atoms with Crippen molar-refractivity contribution in [3.8, 4) is 0 Å². The highest BCUT2D eigenvalue weighted by molar-refractivity contribution is 9.10. The van der Waals surface area contributed by atoms with Gasteiger partial charge in [0.05, 0.1) is 0 Å². The van der Waals surface area contributed by atoms with Gasteiger partial charge in [0.25, 0.3) is 0 Å². The lowest BCUT2D eigenvalue weighted by Crippen LogP contribution is -1.98. The fraction of sp³-hybridized carbons (Fsp3) is 0.250. The van der Waals surface area contributed by atoms with E-state index in [2.05, 4.69) is 15.9 Å². The predicted molar refractivity (Wildman–Crippen MR) is 49.6 cm³/mol. The van der Waals surface area contributed by atoms with Crippen LogP contribution in [-0.2, 0) is 6.54 Å². The molecule has 0 aliphatic carbocycles. The normalized spacial score (nSPS) is 9.83. The van der Waals surface area contributed by atoms with Crippen LogP contribution in [-0.4, -0.2) is 4.92 Å². The summed E-state index contributed by atoms with van der Waals surface area (Å²) >= 11 is 3.28. The standard InChI is InChI=1S/C8H8BrNO2/c1-6-2-7(5-10(11)12)4-8(9)3-6/h2-4H,5H2,1H3. The molecule has 0 radical (unpaired) electrons. The fourth-order valence-corrected chi connectivity index (χ4v) is 1.71. The summed E-state index contributed by atoms with van der Waals surface area (Å²) in [6, 6.07) is 5.49. The van der Waals surface area contributed by atoms with Crippen LogP contribution in [0.15, 0.2) is 22.7 Å². The van der Waals surface area contributed by atoms with E-state index in [9.17, 15) is 10.1 Å². The Morgan fingerprint density at radius 3 is 2.67 bits per heavy atom. The summed E-state index contributed by atoms with van der Waals surface area (Å²) in [6.07, 6.45) is 0. The zero-order valence-electron chi connectivity index (χ0n) is 6.58. The zero-order valence-corrected chi connectivity index (χ0v) is 8.17. The first kappa shape index (κ1) is 9.19. The van der Waals surface area contributed by atoms with Crippen molar-refractivity contribution in [2.75, 3.05) is 0 Å². The van der Waals surface area contributed by atoms with Gasteiger partial charge >= 0.3 is 0 Å². The Hall–Kier alpha value is -0.900. The van der Waals surface area contributed by atoms with Crippen LogP contribution in [0.2, 0.25) is 0 Å². The Morgan fingerprint density at radius 1 is 1.50 bits per heavy atom. The molecule has 0 aliphatic rings. The van der Waals surface area contributed by atoms with Gasteiger partial charge in [-0.3, -0.25) is 10.1 Å². The number of nitrogens with zero attached hydrogens (tertiary/aromatic N) is 1. The van der Waals surface area contributed by atoms with Crippen molar-refractivity contribution in [3.63, 3.8) is 0 Å². The van der Waals surface area contributed by atoms with Crippen LogP contribution in [0, 0.1) is 17.0 Å². The summed E-state index contributed by atoms with van der Waals surface area (Å²) in [5, 5.41) is 10.2. The molecule has 0 fully saturated rings. The van der Waals surface area contributed by atoms with E-state index in [0.717, 1.165) is 15.6 Å². The lowest BCUT2D eigenvalue weighted by atomic mass is 10.1. The summed E-state index contributed by atoms with van der Waals surface area (Å²) < 4.78 is 0.888. The second-order valence-electron chi connectivity index (χ2n) is 2.63. The SMILES string of the molecule is Cc1cc(Br)cc(C[N+](=O)[O-])c1. The molecule has 0 saturated heterocycles. The monoisotopic (exact) mass is 229 g/mol. The molecule has 1 aromatic rings. The second-order valence-corrected chi connectivity index (χ2v) is 3.54. The molecule has 3 nitrogen and oxygen atoms in total. The molecule has 0 aromatic heterocycles. The molecule has 0 aliphatic heterocycles. The van der Waals surface area contributed by atoms with Crippen molar-refractivity contribution in [2.24, 2.45) is 0 Å². The van der Waals surface area contributed by atoms with E-state index in [0.29, 0.717) is 0 Å². The molecule has 0 atom stereocenters. The Labute approximate surface area is 78.7 Å². The molecule has 0 saturated carbocycles. The first-order valence-corrected chi connectivity index (χ1v) is 4.25. The van der Waals surface area contributed by atoms with Crippen LogP contribution in [0.3, 0.4) is 0 Å². The quantitative estimate of drug-likeness (QED) is 0.578. The lowest BCUT2D eigenvalue weighted by Gasteiger charge is -1.98. The van der Waals surface area contributed by atoms with Gasteiger partial charge in [-0.05, 0) is 30.7 Å². The van der Waals surface area contributed by atoms with Crippen molar-refractivity contribution >= 4 is 15.9 Å². The Balaban J connectivity index is 2.93. The minimum absolute atomic E-state index is 0.111. The predicted octanol–water partition coefficient (Wildman–Crippen LogP) is 2.53. The molecule has 0 N–H and O–H groups in total. The molecule has 64 valence electrons. The van der Waals surface area contributed by atoms with Crippen molar-refractivity contribution < 1.29 is 4.92 Å². The van der Waals surface area contributed by atoms with Gasteiger partial charge in [-0.15, -0.1) is 0 Å². The summed E-state index contributed by atoms with van der Waals surface area (Å²) in [7, 11) is 0. The van der Waals surface area contributed by atoms with Gasteiger partial charge in [-0.2, -0.15) is 0 Å². The maximum atomic E-state index is 10.2. The molecule has 4 heteroatoms. The van der Waals surface area contributed by atoms with E-state index < -0.39 is 0 Å². The molecule has 0 unspecified atom stereocenters. The summed E-state index contributed by atoms with van der Waals surface area (Å²) in [5.74, 6) is 0. The molecular weight excluding hydrogens is 222 g/mol. The molecule has 12 heavy (non-hydrogen) atoms. The van der Waals surface area contributed by atoms with E-state index in [4.69, 9.17) is 0 Å². The average Bonchev–Trinajstić information content (AvgIpc) is 1.81. The van der Waals surface area contributed by atoms with Crippen molar-refractivity contribution in [3.05, 3.63) is 43.9 Å². The number of hydrogen-bond acceptors (Lipinski definition) is 2. The highest BCUT2D eigenvalue weighted by Gasteiger charge is 2.02. The van der Waals surface area contributed by atoms with Crippen molar-refractivity contribution in [1.29, 1.82) is 0 Å². The number of halogens is 1. The van der Waals surface area contributed by atoms with Crippen LogP contribution < -0.4 is 0 Å². The number of rotatable bonds is 2. The number of nitro groups is 1. The fourth-order valence-electron chi connectivity index (χ4n) is 1.05. The molecule has 0 amide bonds. The van der Waals surface area contributed by atoms with Crippen LogP contribution in [0.4, 0.5) is 0 Å². The third kappa shape index (κ3) is 2.62. The molecule has 0 bridgehead atoms. The number of aryl methyl sites for hydroxylation is 1. The first-order valence-electron chi connectivity index (χ1n) is 3.46. The largest absolute Gasteiger partial charge is 0.264 e. The zero-order chi connectivity index (χ0) is 9.14. The Bertz CT molecular complexity index is 292. The maximum Gasteiger partial charge on any atom is 0.228 e. The molecule has 0 spiro atoms. The molecule has 1 rings (SSSR count). The number of hydrogen-bond donors (Lipinski definition) is 0. The lowest BCUT2D eigenvalue weighted by molar-refractivity contribution is -0.496. The first-order chi connectivity index (χ1) is 5.58. The van der Waals surface area contributed by atoms with Gasteiger partial charge in [0.15, 0.2) is 0 Å². The summed E-state index contributed by atoms with van der Waals surface area (Å²) in [5.41, 5.74) is 1.76. The van der Waals surface area contributed by atoms with Crippen molar-refractivity contribution in [2.45, 2.75) is 13.5 Å². The van der Waals surface area contributed by atoms with E-state index in [1.54, 1.807) is 6.07 Å². The highest BCUT2D eigenvalue weighted by atomic mass is 79.9. The third-order valence-electron chi connectivity index (χ3n) is 1.41. The van der Waals surface area contributed by atoms with Gasteiger partial charge in [-0.1, -0.05) is 15.9 Å². The maximum absolute atomic E-state index is 10.2. The van der Waals surface area contributed by atoms with Gasteiger partial charge in [0.2, 0.25) is 6.54 Å². The highest BCUT2D eigenvalue weighted by Crippen LogP contribution is 2.15. The minimum atomic E-state index is -0.332. The van der Waals surface area contributed by atoms with Crippen molar-refractivity contribution in [1.82, 2.24) is 0 Å². The summed E-state index contributed by atoms with van der Waals surface area (Å²) in [6.45, 7) is 1.80. The smallest absolute Gasteiger partial charge is 0.228 e. The second kappa shape index (κ2) is 3.67. The Kier molecular flexibility index (Phi) is 2.81. The summed E-state index contributed by atoms with van der Waals surface area (Å²) in [4.78, 5) is 9.85. The van der Waals surface area contributed by atoms with Crippen LogP contribution >= 0.6 is 15.9 Å². The van der Waals surface area contributed by atoms with E-state index in [1.807, 2.05) is 19.1 Å². The average molecular weight is 230 g/mol.